The summed E-state index contributed by atoms with van der Waals surface area (Å²) >= 11 is 2.68. The lowest BCUT2D eigenvalue weighted by molar-refractivity contribution is -0.142. The van der Waals surface area contributed by atoms with E-state index in [2.05, 4.69) is 4.98 Å². The van der Waals surface area contributed by atoms with Crippen LogP contribution in [0.2, 0.25) is 0 Å². The third-order valence-corrected chi connectivity index (χ3v) is 5.03. The van der Waals surface area contributed by atoms with Crippen LogP contribution < -0.4 is 5.73 Å². The quantitative estimate of drug-likeness (QED) is 0.621. The first-order chi connectivity index (χ1) is 10.6. The Balaban J connectivity index is 2.07. The number of aromatic nitrogens is 1. The van der Waals surface area contributed by atoms with Gasteiger partial charge in [0.1, 0.15) is 5.25 Å². The van der Waals surface area contributed by atoms with Crippen molar-refractivity contribution in [1.82, 2.24) is 4.98 Å². The molecule has 1 unspecified atom stereocenters. The highest BCUT2D eigenvalue weighted by Gasteiger charge is 2.21. The summed E-state index contributed by atoms with van der Waals surface area (Å²) in [6, 6.07) is 9.32. The maximum Gasteiger partial charge on any atom is 0.311 e. The number of ether oxygens (including phenoxy) is 1. The molecular formula is C15H16N2O3S2. The second-order valence-corrected chi connectivity index (χ2v) is 6.61. The lowest BCUT2D eigenvalue weighted by Gasteiger charge is -2.11. The molecule has 116 valence electrons. The number of amides is 1. The number of carbonyl (C=O) groups excluding carboxylic acids is 2. The van der Waals surface area contributed by atoms with Crippen LogP contribution in [-0.4, -0.2) is 23.5 Å². The minimum Gasteiger partial charge on any atom is -0.466 e. The number of thiazole rings is 1. The van der Waals surface area contributed by atoms with E-state index >= 15 is 0 Å². The molecule has 1 aromatic carbocycles. The Morgan fingerprint density at radius 3 is 2.73 bits per heavy atom. The maximum absolute atomic E-state index is 11.7. The normalized spacial score (nSPS) is 11.9. The summed E-state index contributed by atoms with van der Waals surface area (Å²) in [5.41, 5.74) is 6.96. The van der Waals surface area contributed by atoms with Crippen molar-refractivity contribution in [3.63, 3.8) is 0 Å². The highest BCUT2D eigenvalue weighted by atomic mass is 32.2. The number of hydrogen-bond donors (Lipinski definition) is 1. The monoisotopic (exact) mass is 336 g/mol. The van der Waals surface area contributed by atoms with Crippen LogP contribution in [0.1, 0.15) is 23.4 Å². The second-order valence-electron chi connectivity index (χ2n) is 4.40. The minimum absolute atomic E-state index is 0.136. The molecule has 7 heteroatoms. The minimum atomic E-state index is -0.497. The van der Waals surface area contributed by atoms with E-state index < -0.39 is 11.2 Å². The molecule has 0 aliphatic carbocycles. The van der Waals surface area contributed by atoms with E-state index in [1.54, 1.807) is 12.3 Å². The van der Waals surface area contributed by atoms with Gasteiger partial charge in [0.25, 0.3) is 0 Å². The molecule has 2 rings (SSSR count). The van der Waals surface area contributed by atoms with Crippen molar-refractivity contribution in [1.29, 1.82) is 0 Å². The van der Waals surface area contributed by atoms with E-state index in [0.29, 0.717) is 16.6 Å². The molecule has 2 N–H and O–H groups in total. The topological polar surface area (TPSA) is 82.3 Å². The van der Waals surface area contributed by atoms with E-state index in [4.69, 9.17) is 10.5 Å². The van der Waals surface area contributed by atoms with Gasteiger partial charge in [-0.25, -0.2) is 4.98 Å². The third kappa shape index (κ3) is 4.57. The first-order valence-electron chi connectivity index (χ1n) is 6.71. The average molecular weight is 336 g/mol. The van der Waals surface area contributed by atoms with Gasteiger partial charge in [0.15, 0.2) is 4.34 Å². The highest BCUT2D eigenvalue weighted by molar-refractivity contribution is 8.01. The molecule has 1 aromatic heterocycles. The Labute approximate surface area is 136 Å². The summed E-state index contributed by atoms with van der Waals surface area (Å²) in [4.78, 5) is 27.5. The number of carbonyl (C=O) groups is 2. The Kier molecular flexibility index (Phi) is 5.97. The van der Waals surface area contributed by atoms with Gasteiger partial charge in [0.2, 0.25) is 5.91 Å². The van der Waals surface area contributed by atoms with Crippen LogP contribution in [0.3, 0.4) is 0 Å². The number of nitrogens with zero attached hydrogens (tertiary/aromatic N) is 1. The Morgan fingerprint density at radius 1 is 1.36 bits per heavy atom. The van der Waals surface area contributed by atoms with Crippen molar-refractivity contribution < 1.29 is 14.3 Å². The van der Waals surface area contributed by atoms with Gasteiger partial charge in [0.05, 0.1) is 18.7 Å². The lowest BCUT2D eigenvalue weighted by Crippen LogP contribution is -2.18. The summed E-state index contributed by atoms with van der Waals surface area (Å²) < 4.78 is 5.59. The van der Waals surface area contributed by atoms with Crippen LogP contribution in [0.15, 0.2) is 40.1 Å². The van der Waals surface area contributed by atoms with Crippen molar-refractivity contribution in [3.05, 3.63) is 47.0 Å². The van der Waals surface area contributed by atoms with E-state index in [-0.39, 0.29) is 12.4 Å². The molecular weight excluding hydrogens is 320 g/mol. The molecule has 5 nitrogen and oxygen atoms in total. The standard InChI is InChI=1S/C15H16N2O3S2/c1-2-20-12(18)8-11-9-21-15(17-11)22-13(14(16)19)10-6-4-3-5-7-10/h3-7,9,13H,2,8H2,1H3,(H2,16,19). The van der Waals surface area contributed by atoms with Gasteiger partial charge in [-0.2, -0.15) is 0 Å². The van der Waals surface area contributed by atoms with E-state index in [1.165, 1.54) is 23.1 Å². The smallest absolute Gasteiger partial charge is 0.311 e. The summed E-state index contributed by atoms with van der Waals surface area (Å²) in [6.45, 7) is 2.11. The Bertz CT molecular complexity index is 643. The van der Waals surface area contributed by atoms with Crippen molar-refractivity contribution in [2.75, 3.05) is 6.61 Å². The van der Waals surface area contributed by atoms with Crippen LogP contribution in [0, 0.1) is 0 Å². The number of rotatable bonds is 7. The predicted octanol–water partition coefficient (Wildman–Crippen LogP) is 2.57. The van der Waals surface area contributed by atoms with Gasteiger partial charge in [-0.1, -0.05) is 42.1 Å². The van der Waals surface area contributed by atoms with Crippen molar-refractivity contribution >= 4 is 35.0 Å². The van der Waals surface area contributed by atoms with Crippen molar-refractivity contribution in [2.24, 2.45) is 5.73 Å². The zero-order chi connectivity index (χ0) is 15.9. The molecule has 22 heavy (non-hydrogen) atoms. The molecule has 1 atom stereocenters. The van der Waals surface area contributed by atoms with E-state index in [1.807, 2.05) is 30.3 Å². The zero-order valence-corrected chi connectivity index (χ0v) is 13.7. The van der Waals surface area contributed by atoms with Crippen LogP contribution >= 0.6 is 23.1 Å². The molecule has 2 aromatic rings. The number of benzene rings is 1. The van der Waals surface area contributed by atoms with E-state index in [9.17, 15) is 9.59 Å². The fraction of sp³-hybridized carbons (Fsp3) is 0.267. The first-order valence-corrected chi connectivity index (χ1v) is 8.47. The van der Waals surface area contributed by atoms with Crippen molar-refractivity contribution in [3.8, 4) is 0 Å². The molecule has 0 aliphatic heterocycles. The second kappa shape index (κ2) is 7.95. The van der Waals surface area contributed by atoms with E-state index in [0.717, 1.165) is 5.56 Å². The molecule has 1 heterocycles. The molecule has 0 fully saturated rings. The Hall–Kier alpha value is -1.86. The largest absolute Gasteiger partial charge is 0.466 e. The summed E-state index contributed by atoms with van der Waals surface area (Å²) in [6.07, 6.45) is 0.136. The molecule has 0 saturated carbocycles. The van der Waals surface area contributed by atoms with Crippen LogP contribution in [0.5, 0.6) is 0 Å². The highest BCUT2D eigenvalue weighted by Crippen LogP contribution is 2.36. The van der Waals surface area contributed by atoms with Gasteiger partial charge in [-0.05, 0) is 12.5 Å². The summed E-state index contributed by atoms with van der Waals surface area (Å²) in [7, 11) is 0. The average Bonchev–Trinajstić information content (AvgIpc) is 2.93. The fourth-order valence-electron chi connectivity index (χ4n) is 1.80. The SMILES string of the molecule is CCOC(=O)Cc1csc(SC(C(N)=O)c2ccccc2)n1. The first kappa shape index (κ1) is 16.5. The number of nitrogens with two attached hydrogens (primary N) is 1. The predicted molar refractivity (Wildman–Crippen MR) is 86.7 cm³/mol. The van der Waals surface area contributed by atoms with Gasteiger partial charge in [-0.15, -0.1) is 11.3 Å². The van der Waals surface area contributed by atoms with Gasteiger partial charge in [0, 0.05) is 5.38 Å². The zero-order valence-electron chi connectivity index (χ0n) is 12.0. The third-order valence-electron chi connectivity index (χ3n) is 2.74. The Morgan fingerprint density at radius 2 is 2.09 bits per heavy atom. The fourth-order valence-corrected chi connectivity index (χ4v) is 3.78. The lowest BCUT2D eigenvalue weighted by atomic mass is 10.1. The maximum atomic E-state index is 11.7. The van der Waals surface area contributed by atoms with Crippen LogP contribution in [-0.2, 0) is 20.7 Å². The summed E-state index contributed by atoms with van der Waals surface area (Å²) in [5, 5.41) is 1.30. The number of thioether (sulfide) groups is 1. The van der Waals surface area contributed by atoms with Gasteiger partial charge in [-0.3, -0.25) is 9.59 Å². The number of esters is 1. The molecule has 0 aliphatic rings. The van der Waals surface area contributed by atoms with Crippen LogP contribution in [0.25, 0.3) is 0 Å². The summed E-state index contributed by atoms with van der Waals surface area (Å²) in [5.74, 6) is -0.725. The number of hydrogen-bond acceptors (Lipinski definition) is 6. The molecule has 1 amide bonds. The van der Waals surface area contributed by atoms with Gasteiger partial charge < -0.3 is 10.5 Å². The van der Waals surface area contributed by atoms with Gasteiger partial charge >= 0.3 is 5.97 Å². The molecule has 0 saturated heterocycles. The van der Waals surface area contributed by atoms with Crippen molar-refractivity contribution in [2.45, 2.75) is 22.9 Å². The number of primary amides is 1. The molecule has 0 bridgehead atoms. The van der Waals surface area contributed by atoms with Crippen LogP contribution in [0.4, 0.5) is 0 Å². The molecule has 0 radical (unpaired) electrons. The molecule has 0 spiro atoms.